The smallest absolute Gasteiger partial charge is 0.329 e. The van der Waals surface area contributed by atoms with E-state index in [1.54, 1.807) is 4.90 Å². The van der Waals surface area contributed by atoms with Gasteiger partial charge in [0.05, 0.1) is 0 Å². The van der Waals surface area contributed by atoms with Crippen LogP contribution in [0.25, 0.3) is 0 Å². The predicted molar refractivity (Wildman–Crippen MR) is 77.8 cm³/mol. The molecule has 0 spiro atoms. The predicted octanol–water partition coefficient (Wildman–Crippen LogP) is 1.37. The van der Waals surface area contributed by atoms with Crippen molar-refractivity contribution >= 4 is 12.0 Å². The van der Waals surface area contributed by atoms with Gasteiger partial charge >= 0.3 is 12.0 Å². The topological polar surface area (TPSA) is 72.9 Å². The van der Waals surface area contributed by atoms with Gasteiger partial charge in [0, 0.05) is 19.1 Å². The molecule has 2 amide bonds. The normalized spacial score (nSPS) is 18.9. The molecule has 2 N–H and O–H groups in total. The average Bonchev–Trinajstić information content (AvgIpc) is 2.78. The number of carboxylic acid groups (broad SMARTS) is 1. The Labute approximate surface area is 121 Å². The SMILES string of the molecule is CCN(C(=O)NC1(C(=O)O)CCCC1)C(C)CN(C)C. The van der Waals surface area contributed by atoms with Gasteiger partial charge in [-0.3, -0.25) is 0 Å². The second kappa shape index (κ2) is 6.92. The van der Waals surface area contributed by atoms with Crippen molar-refractivity contribution in [3.8, 4) is 0 Å². The summed E-state index contributed by atoms with van der Waals surface area (Å²) in [6.45, 7) is 5.21. The van der Waals surface area contributed by atoms with Crippen LogP contribution in [0.3, 0.4) is 0 Å². The summed E-state index contributed by atoms with van der Waals surface area (Å²) in [6.07, 6.45) is 2.75. The highest BCUT2D eigenvalue weighted by molar-refractivity contribution is 5.86. The Hall–Kier alpha value is -1.30. The lowest BCUT2D eigenvalue weighted by Crippen LogP contribution is -2.58. The highest BCUT2D eigenvalue weighted by atomic mass is 16.4. The second-order valence-corrected chi connectivity index (χ2v) is 5.92. The molecule has 116 valence electrons. The van der Waals surface area contributed by atoms with Crippen molar-refractivity contribution in [1.82, 2.24) is 15.1 Å². The van der Waals surface area contributed by atoms with Gasteiger partial charge in [0.1, 0.15) is 5.54 Å². The standard InChI is InChI=1S/C14H27N3O3/c1-5-17(11(2)10-16(3)4)13(20)15-14(12(18)19)8-6-7-9-14/h11H,5-10H2,1-4H3,(H,15,20)(H,18,19). The number of nitrogens with zero attached hydrogens (tertiary/aromatic N) is 2. The molecule has 20 heavy (non-hydrogen) atoms. The van der Waals surface area contributed by atoms with Crippen LogP contribution >= 0.6 is 0 Å². The van der Waals surface area contributed by atoms with Crippen molar-refractivity contribution in [1.29, 1.82) is 0 Å². The molecule has 0 aromatic carbocycles. The van der Waals surface area contributed by atoms with Crippen LogP contribution in [0.15, 0.2) is 0 Å². The van der Waals surface area contributed by atoms with Crippen LogP contribution in [0.5, 0.6) is 0 Å². The fourth-order valence-corrected chi connectivity index (χ4v) is 2.93. The number of hydrogen-bond donors (Lipinski definition) is 2. The van der Waals surface area contributed by atoms with Gasteiger partial charge in [0.25, 0.3) is 0 Å². The molecule has 0 saturated heterocycles. The monoisotopic (exact) mass is 285 g/mol. The first-order valence-electron chi connectivity index (χ1n) is 7.29. The third-order valence-corrected chi connectivity index (χ3v) is 3.98. The van der Waals surface area contributed by atoms with E-state index in [1.165, 1.54) is 0 Å². The van der Waals surface area contributed by atoms with Crippen LogP contribution in [0.1, 0.15) is 39.5 Å². The van der Waals surface area contributed by atoms with E-state index in [9.17, 15) is 14.7 Å². The molecule has 0 bridgehead atoms. The fraction of sp³-hybridized carbons (Fsp3) is 0.857. The number of aliphatic carboxylic acids is 1. The minimum Gasteiger partial charge on any atom is -0.480 e. The van der Waals surface area contributed by atoms with Gasteiger partial charge in [-0.2, -0.15) is 0 Å². The molecule has 0 aromatic rings. The summed E-state index contributed by atoms with van der Waals surface area (Å²) < 4.78 is 0. The van der Waals surface area contributed by atoms with E-state index in [0.29, 0.717) is 19.4 Å². The molecule has 1 saturated carbocycles. The van der Waals surface area contributed by atoms with E-state index < -0.39 is 11.5 Å². The molecule has 0 radical (unpaired) electrons. The van der Waals surface area contributed by atoms with E-state index in [-0.39, 0.29) is 12.1 Å². The second-order valence-electron chi connectivity index (χ2n) is 5.92. The molecule has 1 unspecified atom stereocenters. The van der Waals surface area contributed by atoms with Crippen molar-refractivity contribution < 1.29 is 14.7 Å². The number of nitrogens with one attached hydrogen (secondary N) is 1. The molecule has 1 atom stereocenters. The maximum Gasteiger partial charge on any atom is 0.329 e. The van der Waals surface area contributed by atoms with E-state index in [0.717, 1.165) is 19.4 Å². The molecule has 1 rings (SSSR count). The molecule has 0 aromatic heterocycles. The van der Waals surface area contributed by atoms with E-state index in [1.807, 2.05) is 32.8 Å². The first-order valence-corrected chi connectivity index (χ1v) is 7.29. The van der Waals surface area contributed by atoms with Crippen molar-refractivity contribution in [3.63, 3.8) is 0 Å². The number of amides is 2. The number of urea groups is 1. The lowest BCUT2D eigenvalue weighted by Gasteiger charge is -2.34. The Morgan fingerprint density at radius 2 is 1.85 bits per heavy atom. The van der Waals surface area contributed by atoms with Crippen LogP contribution in [-0.2, 0) is 4.79 Å². The van der Waals surface area contributed by atoms with E-state index in [2.05, 4.69) is 5.32 Å². The van der Waals surface area contributed by atoms with Gasteiger partial charge in [-0.15, -0.1) is 0 Å². The van der Waals surface area contributed by atoms with Crippen molar-refractivity contribution in [2.45, 2.75) is 51.1 Å². The van der Waals surface area contributed by atoms with Gasteiger partial charge in [-0.25, -0.2) is 9.59 Å². The Balaban J connectivity index is 2.73. The third-order valence-electron chi connectivity index (χ3n) is 3.98. The third kappa shape index (κ3) is 3.85. The number of likely N-dealkylation sites (N-methyl/N-ethyl adjacent to an activating group) is 2. The van der Waals surface area contributed by atoms with Crippen LogP contribution in [0.2, 0.25) is 0 Å². The Morgan fingerprint density at radius 1 is 1.30 bits per heavy atom. The summed E-state index contributed by atoms with van der Waals surface area (Å²) in [5.74, 6) is -0.917. The van der Waals surface area contributed by atoms with Gasteiger partial charge < -0.3 is 20.2 Å². The first-order chi connectivity index (χ1) is 9.32. The van der Waals surface area contributed by atoms with Crippen LogP contribution in [0.4, 0.5) is 4.79 Å². The molecule has 1 fully saturated rings. The van der Waals surface area contributed by atoms with Gasteiger partial charge in [-0.05, 0) is 40.8 Å². The lowest BCUT2D eigenvalue weighted by atomic mass is 9.98. The molecule has 6 nitrogen and oxygen atoms in total. The van der Waals surface area contributed by atoms with Gasteiger partial charge in [0.15, 0.2) is 0 Å². The average molecular weight is 285 g/mol. The Bertz CT molecular complexity index is 352. The maximum atomic E-state index is 12.4. The quantitative estimate of drug-likeness (QED) is 0.773. The molecular formula is C14H27N3O3. The zero-order chi connectivity index (χ0) is 15.3. The zero-order valence-electron chi connectivity index (χ0n) is 13.0. The number of carbonyl (C=O) groups is 2. The summed E-state index contributed by atoms with van der Waals surface area (Å²) in [4.78, 5) is 27.6. The molecular weight excluding hydrogens is 258 g/mol. The van der Waals surface area contributed by atoms with Crippen molar-refractivity contribution in [3.05, 3.63) is 0 Å². The zero-order valence-corrected chi connectivity index (χ0v) is 13.0. The number of rotatable bonds is 6. The largest absolute Gasteiger partial charge is 0.480 e. The van der Waals surface area contributed by atoms with Gasteiger partial charge in [-0.1, -0.05) is 12.8 Å². The summed E-state index contributed by atoms with van der Waals surface area (Å²) in [7, 11) is 3.91. The Morgan fingerprint density at radius 3 is 2.25 bits per heavy atom. The van der Waals surface area contributed by atoms with Crippen molar-refractivity contribution in [2.75, 3.05) is 27.2 Å². The van der Waals surface area contributed by atoms with E-state index in [4.69, 9.17) is 0 Å². The Kier molecular flexibility index (Phi) is 5.80. The van der Waals surface area contributed by atoms with E-state index >= 15 is 0 Å². The molecule has 0 aliphatic heterocycles. The van der Waals surface area contributed by atoms with Gasteiger partial charge in [0.2, 0.25) is 0 Å². The molecule has 1 aliphatic rings. The van der Waals surface area contributed by atoms with Crippen molar-refractivity contribution in [2.24, 2.45) is 0 Å². The van der Waals surface area contributed by atoms with Crippen LogP contribution in [-0.4, -0.2) is 65.7 Å². The summed E-state index contributed by atoms with van der Waals surface area (Å²) in [5, 5.41) is 12.2. The molecule has 6 heteroatoms. The number of carbonyl (C=O) groups excluding carboxylic acids is 1. The minimum atomic E-state index is -1.07. The molecule has 0 heterocycles. The lowest BCUT2D eigenvalue weighted by molar-refractivity contribution is -0.144. The molecule has 1 aliphatic carbocycles. The highest BCUT2D eigenvalue weighted by Crippen LogP contribution is 2.30. The fourth-order valence-electron chi connectivity index (χ4n) is 2.93. The number of carboxylic acids is 1. The summed E-state index contributed by atoms with van der Waals surface area (Å²) in [5.41, 5.74) is -1.07. The highest BCUT2D eigenvalue weighted by Gasteiger charge is 2.43. The van der Waals surface area contributed by atoms with Crippen LogP contribution < -0.4 is 5.32 Å². The summed E-state index contributed by atoms with van der Waals surface area (Å²) in [6, 6.07) is -0.228. The first kappa shape index (κ1) is 16.8. The maximum absolute atomic E-state index is 12.4. The number of hydrogen-bond acceptors (Lipinski definition) is 3. The summed E-state index contributed by atoms with van der Waals surface area (Å²) >= 11 is 0. The minimum absolute atomic E-state index is 0.0437. The van der Waals surface area contributed by atoms with Crippen LogP contribution in [0, 0.1) is 0 Å².